The average Bonchev–Trinajstić information content (AvgIpc) is 3.19. The number of carbonyl (C=O) groups excluding carboxylic acids is 1. The molecule has 1 amide bonds. The van der Waals surface area contributed by atoms with Crippen LogP contribution >= 0.6 is 11.3 Å². The number of pyridine rings is 1. The highest BCUT2D eigenvalue weighted by Gasteiger charge is 2.27. The van der Waals surface area contributed by atoms with E-state index in [0.29, 0.717) is 11.0 Å². The molecule has 0 radical (unpaired) electrons. The molecule has 96 valence electrons. The lowest BCUT2D eigenvalue weighted by molar-refractivity contribution is -0.111. The fourth-order valence-corrected chi connectivity index (χ4v) is 2.49. The van der Waals surface area contributed by atoms with Crippen molar-refractivity contribution >= 4 is 28.5 Å². The molecule has 5 nitrogen and oxygen atoms in total. The first-order valence-corrected chi connectivity index (χ1v) is 6.85. The van der Waals surface area contributed by atoms with Gasteiger partial charge in [0, 0.05) is 24.4 Å². The van der Waals surface area contributed by atoms with Crippen LogP contribution in [-0.4, -0.2) is 21.1 Å². The van der Waals surface area contributed by atoms with Crippen molar-refractivity contribution in [3.8, 4) is 0 Å². The Balaban J connectivity index is 1.59. The minimum atomic E-state index is -0.206. The van der Waals surface area contributed by atoms with E-state index < -0.39 is 0 Å². The second-order valence-corrected chi connectivity index (χ2v) is 5.34. The van der Waals surface area contributed by atoms with Crippen LogP contribution in [-0.2, 0) is 4.79 Å². The Labute approximate surface area is 114 Å². The van der Waals surface area contributed by atoms with Crippen LogP contribution in [0.25, 0.3) is 6.08 Å². The van der Waals surface area contributed by atoms with Crippen molar-refractivity contribution in [3.63, 3.8) is 0 Å². The zero-order valence-electron chi connectivity index (χ0n) is 10.1. The minimum Gasteiger partial charge on any atom is -0.297 e. The van der Waals surface area contributed by atoms with Crippen LogP contribution in [0.5, 0.6) is 0 Å². The summed E-state index contributed by atoms with van der Waals surface area (Å²) in [5.74, 6) is 0.358. The standard InChI is InChI=1S/C13H12N4OS/c18-11(6-3-9-2-1-7-14-8-9)15-13-17-16-12(19-13)10-4-5-10/h1-3,6-8,10H,4-5H2,(H,15,17,18). The van der Waals surface area contributed by atoms with E-state index in [-0.39, 0.29) is 5.91 Å². The van der Waals surface area contributed by atoms with Gasteiger partial charge in [-0.05, 0) is 30.5 Å². The van der Waals surface area contributed by atoms with Crippen molar-refractivity contribution in [2.24, 2.45) is 0 Å². The molecular weight excluding hydrogens is 260 g/mol. The van der Waals surface area contributed by atoms with Crippen molar-refractivity contribution in [2.45, 2.75) is 18.8 Å². The van der Waals surface area contributed by atoms with Gasteiger partial charge in [0.05, 0.1) is 0 Å². The van der Waals surface area contributed by atoms with Crippen LogP contribution in [0.4, 0.5) is 5.13 Å². The number of aromatic nitrogens is 3. The number of nitrogens with one attached hydrogen (secondary N) is 1. The molecule has 1 fully saturated rings. The van der Waals surface area contributed by atoms with E-state index in [4.69, 9.17) is 0 Å². The molecule has 2 aromatic rings. The molecule has 1 N–H and O–H groups in total. The van der Waals surface area contributed by atoms with Gasteiger partial charge in [-0.15, -0.1) is 10.2 Å². The SMILES string of the molecule is O=C(C=Cc1cccnc1)Nc1nnc(C2CC2)s1. The number of carbonyl (C=O) groups is 1. The van der Waals surface area contributed by atoms with Gasteiger partial charge in [0.25, 0.3) is 0 Å². The molecule has 2 heterocycles. The summed E-state index contributed by atoms with van der Waals surface area (Å²) in [6, 6.07) is 3.71. The van der Waals surface area contributed by atoms with Crippen molar-refractivity contribution in [1.29, 1.82) is 0 Å². The zero-order chi connectivity index (χ0) is 13.1. The summed E-state index contributed by atoms with van der Waals surface area (Å²) in [5.41, 5.74) is 0.883. The molecular formula is C13H12N4OS. The Hall–Kier alpha value is -2.08. The summed E-state index contributed by atoms with van der Waals surface area (Å²) in [4.78, 5) is 15.7. The largest absolute Gasteiger partial charge is 0.297 e. The summed E-state index contributed by atoms with van der Waals surface area (Å²) in [5, 5.41) is 12.3. The Kier molecular flexibility index (Phi) is 3.33. The smallest absolute Gasteiger partial charge is 0.250 e. The topological polar surface area (TPSA) is 67.8 Å². The fraction of sp³-hybridized carbons (Fsp3) is 0.231. The summed E-state index contributed by atoms with van der Waals surface area (Å²) >= 11 is 1.45. The maximum absolute atomic E-state index is 11.7. The predicted molar refractivity (Wildman–Crippen MR) is 73.8 cm³/mol. The maximum atomic E-state index is 11.7. The fourth-order valence-electron chi connectivity index (χ4n) is 1.57. The minimum absolute atomic E-state index is 0.206. The Bertz CT molecular complexity index is 604. The highest BCUT2D eigenvalue weighted by Crippen LogP contribution is 2.41. The lowest BCUT2D eigenvalue weighted by Gasteiger charge is -1.94. The van der Waals surface area contributed by atoms with Gasteiger partial charge in [-0.25, -0.2) is 0 Å². The van der Waals surface area contributed by atoms with E-state index >= 15 is 0 Å². The molecule has 1 saturated carbocycles. The summed E-state index contributed by atoms with van der Waals surface area (Å²) < 4.78 is 0. The molecule has 1 aliphatic carbocycles. The van der Waals surface area contributed by atoms with E-state index in [1.54, 1.807) is 18.5 Å². The third-order valence-electron chi connectivity index (χ3n) is 2.71. The number of hydrogen-bond donors (Lipinski definition) is 1. The van der Waals surface area contributed by atoms with Gasteiger partial charge in [-0.1, -0.05) is 17.4 Å². The molecule has 6 heteroatoms. The first kappa shape index (κ1) is 12.0. The second-order valence-electron chi connectivity index (χ2n) is 4.33. The number of rotatable bonds is 4. The molecule has 0 atom stereocenters. The number of anilines is 1. The highest BCUT2D eigenvalue weighted by atomic mass is 32.1. The average molecular weight is 272 g/mol. The van der Waals surface area contributed by atoms with Crippen LogP contribution in [0.3, 0.4) is 0 Å². The van der Waals surface area contributed by atoms with Gasteiger partial charge >= 0.3 is 0 Å². The van der Waals surface area contributed by atoms with Crippen molar-refractivity contribution < 1.29 is 4.79 Å². The van der Waals surface area contributed by atoms with E-state index in [9.17, 15) is 4.79 Å². The van der Waals surface area contributed by atoms with Crippen LogP contribution in [0.15, 0.2) is 30.6 Å². The monoisotopic (exact) mass is 272 g/mol. The number of hydrogen-bond acceptors (Lipinski definition) is 5. The molecule has 0 aliphatic heterocycles. The van der Waals surface area contributed by atoms with Crippen LogP contribution in [0, 0.1) is 0 Å². The molecule has 3 rings (SSSR count). The molecule has 0 aromatic carbocycles. The third-order valence-corrected chi connectivity index (χ3v) is 3.71. The summed E-state index contributed by atoms with van der Waals surface area (Å²) in [6.07, 6.45) is 8.94. The van der Waals surface area contributed by atoms with E-state index in [1.165, 1.54) is 30.3 Å². The Morgan fingerprint density at radius 1 is 1.42 bits per heavy atom. The maximum Gasteiger partial charge on any atom is 0.250 e. The van der Waals surface area contributed by atoms with Gasteiger partial charge in [0.1, 0.15) is 5.01 Å². The molecule has 2 aromatic heterocycles. The molecule has 0 saturated heterocycles. The predicted octanol–water partition coefficient (Wildman–Crippen LogP) is 2.46. The summed E-state index contributed by atoms with van der Waals surface area (Å²) in [6.45, 7) is 0. The van der Waals surface area contributed by atoms with Crippen LogP contribution in [0.2, 0.25) is 0 Å². The van der Waals surface area contributed by atoms with Gasteiger partial charge in [0.2, 0.25) is 11.0 Å². The lowest BCUT2D eigenvalue weighted by atomic mass is 10.2. The van der Waals surface area contributed by atoms with Crippen molar-refractivity contribution in [3.05, 3.63) is 41.2 Å². The number of nitrogens with zero attached hydrogens (tertiary/aromatic N) is 3. The lowest BCUT2D eigenvalue weighted by Crippen LogP contribution is -2.07. The van der Waals surface area contributed by atoms with E-state index in [2.05, 4.69) is 20.5 Å². The van der Waals surface area contributed by atoms with E-state index in [0.717, 1.165) is 10.6 Å². The normalized spacial score (nSPS) is 14.7. The summed E-state index contributed by atoms with van der Waals surface area (Å²) in [7, 11) is 0. The second kappa shape index (κ2) is 5.27. The Morgan fingerprint density at radius 3 is 3.05 bits per heavy atom. The van der Waals surface area contributed by atoms with Crippen molar-refractivity contribution in [1.82, 2.24) is 15.2 Å². The quantitative estimate of drug-likeness (QED) is 0.868. The van der Waals surface area contributed by atoms with Crippen LogP contribution in [0.1, 0.15) is 29.3 Å². The third kappa shape index (κ3) is 3.23. The van der Waals surface area contributed by atoms with Crippen LogP contribution < -0.4 is 5.32 Å². The Morgan fingerprint density at radius 2 is 2.32 bits per heavy atom. The van der Waals surface area contributed by atoms with Gasteiger partial charge in [-0.2, -0.15) is 0 Å². The van der Waals surface area contributed by atoms with Gasteiger partial charge in [0.15, 0.2) is 0 Å². The molecule has 19 heavy (non-hydrogen) atoms. The number of amides is 1. The van der Waals surface area contributed by atoms with Gasteiger partial charge < -0.3 is 0 Å². The van der Waals surface area contributed by atoms with E-state index in [1.807, 2.05) is 12.1 Å². The van der Waals surface area contributed by atoms with Crippen molar-refractivity contribution in [2.75, 3.05) is 5.32 Å². The molecule has 1 aliphatic rings. The van der Waals surface area contributed by atoms with Gasteiger partial charge in [-0.3, -0.25) is 15.1 Å². The zero-order valence-corrected chi connectivity index (χ0v) is 10.9. The molecule has 0 bridgehead atoms. The highest BCUT2D eigenvalue weighted by molar-refractivity contribution is 7.15. The first-order chi connectivity index (χ1) is 9.31. The molecule has 0 unspecified atom stereocenters. The first-order valence-electron chi connectivity index (χ1n) is 6.04. The molecule has 0 spiro atoms.